The van der Waals surface area contributed by atoms with E-state index in [1.165, 1.54) is 37.0 Å². The Morgan fingerprint density at radius 3 is 2.05 bits per heavy atom. The number of aliphatic hydroxyl groups is 1. The topological polar surface area (TPSA) is 63.1 Å². The summed E-state index contributed by atoms with van der Waals surface area (Å²) < 4.78 is 43.0. The minimum atomic E-state index is -4.42. The monoisotopic (exact) mass is 978 g/mol. The van der Waals surface area contributed by atoms with Gasteiger partial charge in [-0.15, -0.1) is 40.5 Å². The number of nitrogens with zero attached hydrogens (tertiary/aromatic N) is 2. The maximum Gasteiger partial charge on any atom is 0.409 e. The van der Waals surface area contributed by atoms with E-state index in [4.69, 9.17) is 0 Å². The van der Waals surface area contributed by atoms with Crippen LogP contribution in [0, 0.1) is 28.7 Å². The first-order valence-corrected chi connectivity index (χ1v) is 21.1. The molecule has 0 aliphatic heterocycles. The number of allylic oxidation sites excluding steroid dienone is 2. The zero-order valence-corrected chi connectivity index (χ0v) is 38.7. The van der Waals surface area contributed by atoms with Gasteiger partial charge < -0.3 is 5.11 Å². The fourth-order valence-corrected chi connectivity index (χ4v) is 10.3. The molecule has 0 bridgehead atoms. The zero-order chi connectivity index (χ0) is 41.4. The molecule has 3 aromatic carbocycles. The zero-order valence-electron chi connectivity index (χ0n) is 35.5. The predicted molar refractivity (Wildman–Crippen MR) is 228 cm³/mol. The third kappa shape index (κ3) is 10.7. The number of rotatable bonds is 9. The van der Waals surface area contributed by atoms with Crippen molar-refractivity contribution in [2.75, 3.05) is 0 Å². The van der Waals surface area contributed by atoms with Crippen molar-refractivity contribution in [1.82, 2.24) is 9.97 Å². The molecule has 0 amide bonds. The SMILES string of the molecule is CC1(C)CC(c2ccc3c(c2)sc2c(-c4[c-]c5cc(C(F)(F)F)ccc5c(C(C)(C)C)c4)ncnc23)CC(C)(C)C1.CCC(CC)C(=O)/C=C(\O)C(CC)CC.[Ir]. The quantitative estimate of drug-likeness (QED) is 0.0908. The average Bonchev–Trinajstić information content (AvgIpc) is 3.48. The average molecular weight is 978 g/mol. The van der Waals surface area contributed by atoms with E-state index >= 15 is 0 Å². The van der Waals surface area contributed by atoms with E-state index in [2.05, 4.69) is 82.7 Å². The summed E-state index contributed by atoms with van der Waals surface area (Å²) in [6, 6.07) is 16.1. The Morgan fingerprint density at radius 2 is 1.49 bits per heavy atom. The van der Waals surface area contributed by atoms with Gasteiger partial charge in [-0.1, -0.05) is 111 Å². The smallest absolute Gasteiger partial charge is 0.409 e. The maximum absolute atomic E-state index is 13.6. The van der Waals surface area contributed by atoms with Gasteiger partial charge in [-0.05, 0) is 78.7 Å². The summed E-state index contributed by atoms with van der Waals surface area (Å²) in [7, 11) is 0. The fourth-order valence-electron chi connectivity index (χ4n) is 9.11. The van der Waals surface area contributed by atoms with Gasteiger partial charge in [-0.2, -0.15) is 13.2 Å². The number of benzene rings is 3. The van der Waals surface area contributed by atoms with E-state index in [-0.39, 0.29) is 48.9 Å². The molecule has 311 valence electrons. The first-order valence-electron chi connectivity index (χ1n) is 20.3. The molecule has 1 N–H and O–H groups in total. The van der Waals surface area contributed by atoms with Crippen LogP contribution in [-0.4, -0.2) is 20.9 Å². The summed E-state index contributed by atoms with van der Waals surface area (Å²) in [5.74, 6) is 1.05. The van der Waals surface area contributed by atoms with Gasteiger partial charge in [0.25, 0.3) is 0 Å². The van der Waals surface area contributed by atoms with E-state index in [1.54, 1.807) is 23.7 Å². The summed E-state index contributed by atoms with van der Waals surface area (Å²) in [5.41, 5.74) is 4.24. The van der Waals surface area contributed by atoms with Crippen molar-refractivity contribution in [1.29, 1.82) is 0 Å². The van der Waals surface area contributed by atoms with E-state index < -0.39 is 11.7 Å². The van der Waals surface area contributed by atoms with Crippen LogP contribution in [0.15, 0.2) is 60.6 Å². The normalized spacial score (nSPS) is 16.2. The molecule has 0 saturated heterocycles. The number of aromatic nitrogens is 2. The number of alkyl halides is 3. The summed E-state index contributed by atoms with van der Waals surface area (Å²) in [4.78, 5) is 21.0. The van der Waals surface area contributed by atoms with Gasteiger partial charge in [0.15, 0.2) is 5.78 Å². The van der Waals surface area contributed by atoms with E-state index in [0.717, 1.165) is 63.0 Å². The van der Waals surface area contributed by atoms with Crippen LogP contribution in [0.3, 0.4) is 0 Å². The summed E-state index contributed by atoms with van der Waals surface area (Å²) >= 11 is 1.66. The van der Waals surface area contributed by atoms with Crippen molar-refractivity contribution < 1.29 is 43.2 Å². The second-order valence-electron chi connectivity index (χ2n) is 18.5. The number of thiophene rings is 1. The van der Waals surface area contributed by atoms with Crippen molar-refractivity contribution >= 4 is 48.2 Å². The van der Waals surface area contributed by atoms with Crippen LogP contribution in [0.4, 0.5) is 13.2 Å². The van der Waals surface area contributed by atoms with Crippen LogP contribution >= 0.6 is 11.3 Å². The summed E-state index contributed by atoms with van der Waals surface area (Å²) in [6.45, 7) is 23.8. The summed E-state index contributed by atoms with van der Waals surface area (Å²) in [6.07, 6.45) is 5.60. The molecule has 1 fully saturated rings. The van der Waals surface area contributed by atoms with Crippen LogP contribution in [-0.2, 0) is 36.5 Å². The van der Waals surface area contributed by atoms with Crippen LogP contribution in [0.2, 0.25) is 0 Å². The summed E-state index contributed by atoms with van der Waals surface area (Å²) in [5, 5.41) is 12.1. The van der Waals surface area contributed by atoms with Crippen molar-refractivity contribution in [3.05, 3.63) is 83.4 Å². The molecule has 6 rings (SSSR count). The molecule has 0 atom stereocenters. The Balaban J connectivity index is 0.000000385. The third-order valence-electron chi connectivity index (χ3n) is 11.6. The Bertz CT molecular complexity index is 2210. The fraction of sp³-hybridized carbons (Fsp3) is 0.521. The number of fused-ring (bicyclic) bond motifs is 4. The number of hydrogen-bond donors (Lipinski definition) is 1. The molecule has 57 heavy (non-hydrogen) atoms. The molecule has 1 radical (unpaired) electrons. The van der Waals surface area contributed by atoms with Crippen molar-refractivity contribution in [3.8, 4) is 11.3 Å². The number of ketones is 1. The predicted octanol–water partition coefficient (Wildman–Crippen LogP) is 15.0. The van der Waals surface area contributed by atoms with Crippen molar-refractivity contribution in [2.45, 2.75) is 139 Å². The van der Waals surface area contributed by atoms with E-state index in [0.29, 0.717) is 33.4 Å². The van der Waals surface area contributed by atoms with Gasteiger partial charge in [0.2, 0.25) is 0 Å². The van der Waals surface area contributed by atoms with Gasteiger partial charge in [-0.3, -0.25) is 9.78 Å². The van der Waals surface area contributed by atoms with E-state index in [1.807, 2.05) is 33.8 Å². The maximum atomic E-state index is 13.6. The second kappa shape index (κ2) is 18.0. The van der Waals surface area contributed by atoms with Crippen LogP contribution in [0.5, 0.6) is 0 Å². The first kappa shape index (κ1) is 46.6. The Hall–Kier alpha value is -3.13. The standard InChI is InChI=1S/C35H36F3N2S.C13H24O2.Ir/c1-32(2,3)27-14-22(12-21-13-24(35(36,37)38)9-11-25(21)27)29-31-30(40-19-39-29)26-10-8-20(15-28(26)41-31)23-16-33(4,5)18-34(6,7)17-23;1-5-10(6-2)12(14)9-13(15)11(7-3)8-4;/h8-11,13-15,19,23H,16-18H2,1-7H3;9-11,14H,5-8H2,1-4H3;/q-1;;/b;12-9-;. The van der Waals surface area contributed by atoms with Gasteiger partial charge in [0, 0.05) is 64.1 Å². The Labute approximate surface area is 355 Å². The number of halogens is 3. The molecule has 1 aliphatic rings. The van der Waals surface area contributed by atoms with Crippen LogP contribution in [0.25, 0.3) is 42.3 Å². The molecule has 2 heterocycles. The molecule has 0 spiro atoms. The molecule has 2 aromatic heterocycles. The van der Waals surface area contributed by atoms with Gasteiger partial charge in [0.1, 0.15) is 6.33 Å². The Morgan fingerprint density at radius 1 is 0.895 bits per heavy atom. The van der Waals surface area contributed by atoms with E-state index in [9.17, 15) is 23.1 Å². The third-order valence-corrected chi connectivity index (χ3v) is 12.8. The van der Waals surface area contributed by atoms with Gasteiger partial charge >= 0.3 is 6.18 Å². The number of carbonyl (C=O) groups is 1. The molecule has 5 aromatic rings. The number of hydrogen-bond acceptors (Lipinski definition) is 5. The van der Waals surface area contributed by atoms with Gasteiger partial charge in [0.05, 0.1) is 11.3 Å². The molecular formula is C48H60F3IrN2O2S-. The molecule has 4 nitrogen and oxygen atoms in total. The van der Waals surface area contributed by atoms with Crippen molar-refractivity contribution in [2.24, 2.45) is 22.7 Å². The van der Waals surface area contributed by atoms with Gasteiger partial charge in [-0.25, -0.2) is 4.98 Å². The second-order valence-corrected chi connectivity index (χ2v) is 19.5. The van der Waals surface area contributed by atoms with Crippen LogP contribution < -0.4 is 0 Å². The van der Waals surface area contributed by atoms with Crippen molar-refractivity contribution in [3.63, 3.8) is 0 Å². The minimum absolute atomic E-state index is 0. The molecule has 1 aliphatic carbocycles. The molecule has 0 unspecified atom stereocenters. The molecule has 9 heteroatoms. The number of carbonyl (C=O) groups excluding carboxylic acids is 1. The first-order chi connectivity index (χ1) is 26.1. The molecule has 1 saturated carbocycles. The van der Waals surface area contributed by atoms with Crippen LogP contribution in [0.1, 0.15) is 144 Å². The largest absolute Gasteiger partial charge is 0.512 e. The molecular weight excluding hydrogens is 918 g/mol. The number of aliphatic hydroxyl groups excluding tert-OH is 1. The Kier molecular flexibility index (Phi) is 14.7. The minimum Gasteiger partial charge on any atom is -0.512 e.